The van der Waals surface area contributed by atoms with E-state index in [2.05, 4.69) is 22.2 Å². The first-order valence-electron chi connectivity index (χ1n) is 10.1. The predicted octanol–water partition coefficient (Wildman–Crippen LogP) is 4.05. The minimum absolute atomic E-state index is 0.0786. The van der Waals surface area contributed by atoms with Crippen LogP contribution in [0, 0.1) is 18.7 Å². The van der Waals surface area contributed by atoms with E-state index < -0.39 is 0 Å². The summed E-state index contributed by atoms with van der Waals surface area (Å²) in [6, 6.07) is 8.73. The molecule has 0 radical (unpaired) electrons. The third kappa shape index (κ3) is 4.13. The molecule has 4 rings (SSSR count). The third-order valence-electron chi connectivity index (χ3n) is 5.76. The van der Waals surface area contributed by atoms with E-state index in [0.29, 0.717) is 25.0 Å². The quantitative estimate of drug-likeness (QED) is 0.864. The van der Waals surface area contributed by atoms with Gasteiger partial charge in [-0.3, -0.25) is 5.32 Å². The second kappa shape index (κ2) is 7.81. The van der Waals surface area contributed by atoms with Crippen molar-refractivity contribution in [1.29, 1.82) is 0 Å². The molecular weight excluding hydrogens is 357 g/mol. The number of nitrogens with one attached hydrogen (secondary N) is 1. The Morgan fingerprint density at radius 3 is 2.64 bits per heavy atom. The minimum atomic E-state index is -0.230. The van der Waals surface area contributed by atoms with Crippen LogP contribution >= 0.6 is 0 Å². The summed E-state index contributed by atoms with van der Waals surface area (Å²) in [6.07, 6.45) is 3.35. The molecule has 2 amide bonds. The van der Waals surface area contributed by atoms with Gasteiger partial charge in [-0.25, -0.2) is 13.9 Å². The number of hydrogen-bond donors (Lipinski definition) is 1. The van der Waals surface area contributed by atoms with E-state index in [9.17, 15) is 9.18 Å². The number of carbonyl (C=O) groups is 1. The first kappa shape index (κ1) is 18.8. The van der Waals surface area contributed by atoms with Gasteiger partial charge in [-0.15, -0.1) is 0 Å². The monoisotopic (exact) mass is 385 g/mol. The summed E-state index contributed by atoms with van der Waals surface area (Å²) >= 11 is 0. The van der Waals surface area contributed by atoms with Crippen LogP contribution in [0.4, 0.5) is 20.7 Å². The number of nitrogens with zero attached hydrogens (tertiary/aromatic N) is 4. The zero-order chi connectivity index (χ0) is 19.7. The smallest absolute Gasteiger partial charge is 0.323 e. The molecule has 2 aromatic rings. The largest absolute Gasteiger partial charge is 0.370 e. The van der Waals surface area contributed by atoms with Gasteiger partial charge < -0.3 is 9.80 Å². The van der Waals surface area contributed by atoms with Gasteiger partial charge in [0.15, 0.2) is 0 Å². The molecule has 1 saturated heterocycles. The van der Waals surface area contributed by atoms with E-state index in [1.165, 1.54) is 25.0 Å². The molecule has 1 saturated carbocycles. The molecule has 1 N–H and O–H groups in total. The number of urea groups is 1. The van der Waals surface area contributed by atoms with Crippen LogP contribution in [-0.2, 0) is 0 Å². The highest BCUT2D eigenvalue weighted by atomic mass is 19.1. The summed E-state index contributed by atoms with van der Waals surface area (Å²) in [5.41, 5.74) is 1.91. The van der Waals surface area contributed by atoms with Crippen molar-refractivity contribution in [3.8, 4) is 0 Å². The fraction of sp³-hybridized carbons (Fsp3) is 0.524. The maximum absolute atomic E-state index is 13.2. The number of rotatable bonds is 4. The van der Waals surface area contributed by atoms with Gasteiger partial charge in [0.25, 0.3) is 0 Å². The highest BCUT2D eigenvalue weighted by Crippen LogP contribution is 2.40. The first-order valence-corrected chi connectivity index (χ1v) is 10.1. The van der Waals surface area contributed by atoms with Crippen LogP contribution in [0.2, 0.25) is 0 Å². The molecule has 7 heteroatoms. The number of aryl methyl sites for hydroxylation is 1. The molecular formula is C21H28FN5O. The van der Waals surface area contributed by atoms with Gasteiger partial charge >= 0.3 is 6.03 Å². The number of anilines is 2. The topological polar surface area (TPSA) is 53.4 Å². The highest BCUT2D eigenvalue weighted by molar-refractivity contribution is 5.88. The summed E-state index contributed by atoms with van der Waals surface area (Å²) in [7, 11) is 0. The number of carbonyl (C=O) groups excluding carboxylic acids is 1. The molecule has 2 fully saturated rings. The average Bonchev–Trinajstić information content (AvgIpc) is 3.48. The Hall–Kier alpha value is -2.57. The van der Waals surface area contributed by atoms with Crippen molar-refractivity contribution in [2.75, 3.05) is 36.4 Å². The molecule has 1 aromatic carbocycles. The van der Waals surface area contributed by atoms with Gasteiger partial charge in [-0.05, 0) is 63.3 Å². The summed E-state index contributed by atoms with van der Waals surface area (Å²) in [4.78, 5) is 16.9. The fourth-order valence-corrected chi connectivity index (χ4v) is 3.92. The lowest BCUT2D eigenvalue weighted by Gasteiger charge is -2.24. The van der Waals surface area contributed by atoms with E-state index in [4.69, 9.17) is 0 Å². The van der Waals surface area contributed by atoms with Gasteiger partial charge in [0.05, 0.1) is 11.7 Å². The molecule has 1 aliphatic heterocycles. The Morgan fingerprint density at radius 2 is 1.93 bits per heavy atom. The molecule has 2 aliphatic rings. The van der Waals surface area contributed by atoms with Crippen LogP contribution < -0.4 is 10.2 Å². The molecule has 1 aliphatic carbocycles. The molecule has 0 spiro atoms. The summed E-state index contributed by atoms with van der Waals surface area (Å²) < 4.78 is 15.1. The predicted molar refractivity (Wildman–Crippen MR) is 108 cm³/mol. The first-order chi connectivity index (χ1) is 13.5. The lowest BCUT2D eigenvalue weighted by Crippen LogP contribution is -2.38. The number of benzene rings is 1. The van der Waals surface area contributed by atoms with E-state index >= 15 is 0 Å². The van der Waals surface area contributed by atoms with Gasteiger partial charge in [-0.2, -0.15) is 5.10 Å². The van der Waals surface area contributed by atoms with Crippen molar-refractivity contribution in [3.05, 3.63) is 41.8 Å². The lowest BCUT2D eigenvalue weighted by atomic mass is 10.2. The number of aromatic nitrogens is 2. The Labute approximate surface area is 165 Å². The van der Waals surface area contributed by atoms with Crippen LogP contribution in [-0.4, -0.2) is 46.9 Å². The van der Waals surface area contributed by atoms with Crippen LogP contribution in [0.15, 0.2) is 30.3 Å². The van der Waals surface area contributed by atoms with E-state index in [1.807, 2.05) is 22.6 Å². The number of hydrogen-bond acceptors (Lipinski definition) is 3. The molecule has 28 heavy (non-hydrogen) atoms. The SMILES string of the molecule is Cc1cc(NC(=O)N2CCCN(c3ccc(F)cc3)CC2)n([C@H](C)C2CC2)n1. The molecule has 0 unspecified atom stereocenters. The van der Waals surface area contributed by atoms with Crippen molar-refractivity contribution in [2.45, 2.75) is 39.2 Å². The van der Waals surface area contributed by atoms with Crippen molar-refractivity contribution >= 4 is 17.5 Å². The second-order valence-corrected chi connectivity index (χ2v) is 7.93. The molecule has 150 valence electrons. The average molecular weight is 385 g/mol. The van der Waals surface area contributed by atoms with Crippen LogP contribution in [0.5, 0.6) is 0 Å². The standard InChI is InChI=1S/C21H28FN5O/c1-15-14-20(27(24-15)16(2)17-4-5-17)23-21(28)26-11-3-10-25(12-13-26)19-8-6-18(22)7-9-19/h6-9,14,16-17H,3-5,10-13H2,1-2H3,(H,23,28)/t16-/m1/s1. The van der Waals surface area contributed by atoms with Crippen molar-refractivity contribution in [3.63, 3.8) is 0 Å². The summed E-state index contributed by atoms with van der Waals surface area (Å²) in [5, 5.41) is 7.67. The zero-order valence-electron chi connectivity index (χ0n) is 16.6. The zero-order valence-corrected chi connectivity index (χ0v) is 16.6. The van der Waals surface area contributed by atoms with Crippen LogP contribution in [0.3, 0.4) is 0 Å². The van der Waals surface area contributed by atoms with Gasteiger partial charge in [-0.1, -0.05) is 0 Å². The molecule has 1 atom stereocenters. The Kier molecular flexibility index (Phi) is 5.24. The number of halogens is 1. The fourth-order valence-electron chi connectivity index (χ4n) is 3.92. The van der Waals surface area contributed by atoms with Crippen molar-refractivity contribution < 1.29 is 9.18 Å². The summed E-state index contributed by atoms with van der Waals surface area (Å²) in [5.74, 6) is 1.21. The normalized spacial score (nSPS) is 18.7. The number of amides is 2. The maximum Gasteiger partial charge on any atom is 0.323 e. The molecule has 1 aromatic heterocycles. The Bertz CT molecular complexity index is 830. The molecule has 2 heterocycles. The second-order valence-electron chi connectivity index (χ2n) is 7.93. The van der Waals surface area contributed by atoms with Gasteiger partial charge in [0.1, 0.15) is 11.6 Å². The van der Waals surface area contributed by atoms with Crippen LogP contribution in [0.1, 0.15) is 37.9 Å². The Balaban J connectivity index is 1.40. The molecule has 6 nitrogen and oxygen atoms in total. The maximum atomic E-state index is 13.2. The van der Waals surface area contributed by atoms with Gasteiger partial charge in [0.2, 0.25) is 0 Å². The van der Waals surface area contributed by atoms with E-state index in [-0.39, 0.29) is 11.8 Å². The van der Waals surface area contributed by atoms with Gasteiger partial charge in [0, 0.05) is 37.9 Å². The minimum Gasteiger partial charge on any atom is -0.370 e. The highest BCUT2D eigenvalue weighted by Gasteiger charge is 2.31. The van der Waals surface area contributed by atoms with Crippen LogP contribution in [0.25, 0.3) is 0 Å². The van der Waals surface area contributed by atoms with E-state index in [0.717, 1.165) is 36.7 Å². The van der Waals surface area contributed by atoms with Crippen molar-refractivity contribution in [1.82, 2.24) is 14.7 Å². The Morgan fingerprint density at radius 1 is 1.18 bits per heavy atom. The van der Waals surface area contributed by atoms with E-state index in [1.54, 1.807) is 12.1 Å². The lowest BCUT2D eigenvalue weighted by molar-refractivity contribution is 0.215. The summed E-state index contributed by atoms with van der Waals surface area (Å²) in [6.45, 7) is 7.05. The molecule has 0 bridgehead atoms. The third-order valence-corrected chi connectivity index (χ3v) is 5.76. The van der Waals surface area contributed by atoms with Crippen molar-refractivity contribution in [2.24, 2.45) is 5.92 Å².